The maximum Gasteiger partial charge on any atom is 0.345 e. The fraction of sp³-hybridized carbons (Fsp3) is 0.731. The molecule has 3 fully saturated rings. The van der Waals surface area contributed by atoms with E-state index in [4.69, 9.17) is 16.2 Å². The van der Waals surface area contributed by atoms with Gasteiger partial charge in [0.1, 0.15) is 5.84 Å². The van der Waals surface area contributed by atoms with Gasteiger partial charge in [-0.15, -0.1) is 0 Å². The molecule has 11 nitrogen and oxygen atoms in total. The Morgan fingerprint density at radius 1 is 1.19 bits per heavy atom. The van der Waals surface area contributed by atoms with Crippen molar-refractivity contribution in [3.8, 4) is 6.01 Å². The van der Waals surface area contributed by atoms with Gasteiger partial charge in [0.05, 0.1) is 24.7 Å². The van der Waals surface area contributed by atoms with Crippen LogP contribution < -0.4 is 26.4 Å². The molecule has 4 rings (SSSR count). The molecule has 0 aromatic carbocycles. The highest BCUT2D eigenvalue weighted by Crippen LogP contribution is 2.23. The van der Waals surface area contributed by atoms with E-state index in [-0.39, 0.29) is 23.9 Å². The van der Waals surface area contributed by atoms with Crippen molar-refractivity contribution in [3.05, 3.63) is 12.4 Å². The number of urea groups is 1. The monoisotopic (exact) mass is 516 g/mol. The maximum atomic E-state index is 12.2. The van der Waals surface area contributed by atoms with Gasteiger partial charge >= 0.3 is 12.0 Å². The molecule has 3 aliphatic heterocycles. The minimum Gasteiger partial charge on any atom is -0.463 e. The summed E-state index contributed by atoms with van der Waals surface area (Å²) in [6.45, 7) is 8.64. The lowest BCUT2D eigenvalue weighted by molar-refractivity contribution is -0.122. The van der Waals surface area contributed by atoms with Crippen molar-refractivity contribution in [2.24, 2.45) is 28.3 Å². The lowest BCUT2D eigenvalue weighted by Crippen LogP contribution is -2.38. The lowest BCUT2D eigenvalue weighted by atomic mass is 9.92. The first-order valence-electron chi connectivity index (χ1n) is 13.7. The average molecular weight is 517 g/mol. The number of nitrogens with one attached hydrogen (secondary N) is 1. The molecule has 0 aliphatic carbocycles. The first-order valence-corrected chi connectivity index (χ1v) is 13.7. The molecule has 0 spiro atoms. The SMILES string of the molecule is CC(C)/C(N)=N/C(=O)N1CCC(CCCOc2ncc(N3CCC(N)C3)cn2)CC1.O=C1CCCCN1. The van der Waals surface area contributed by atoms with E-state index < -0.39 is 0 Å². The van der Waals surface area contributed by atoms with E-state index in [1.807, 2.05) is 26.2 Å². The fourth-order valence-corrected chi connectivity index (χ4v) is 4.55. The average Bonchev–Trinajstić information content (AvgIpc) is 3.34. The number of hydrogen-bond acceptors (Lipinski definition) is 7. The van der Waals surface area contributed by atoms with Crippen LogP contribution in [0.4, 0.5) is 10.5 Å². The summed E-state index contributed by atoms with van der Waals surface area (Å²) >= 11 is 0. The van der Waals surface area contributed by atoms with Gasteiger partial charge < -0.3 is 31.3 Å². The van der Waals surface area contributed by atoms with Crippen LogP contribution in [0.25, 0.3) is 0 Å². The predicted molar refractivity (Wildman–Crippen MR) is 145 cm³/mol. The Kier molecular flexibility index (Phi) is 11.4. The van der Waals surface area contributed by atoms with Gasteiger partial charge in [-0.25, -0.2) is 14.8 Å². The highest BCUT2D eigenvalue weighted by Gasteiger charge is 2.23. The van der Waals surface area contributed by atoms with Gasteiger partial charge in [0.2, 0.25) is 5.91 Å². The van der Waals surface area contributed by atoms with Gasteiger partial charge in [-0.3, -0.25) is 4.79 Å². The number of carbonyl (C=O) groups is 2. The summed E-state index contributed by atoms with van der Waals surface area (Å²) in [5.41, 5.74) is 12.7. The molecule has 5 N–H and O–H groups in total. The highest BCUT2D eigenvalue weighted by atomic mass is 16.5. The summed E-state index contributed by atoms with van der Waals surface area (Å²) in [6, 6.07) is 0.444. The van der Waals surface area contributed by atoms with E-state index >= 15 is 0 Å². The minimum atomic E-state index is -0.209. The Balaban J connectivity index is 0.000000468. The number of amides is 3. The number of carbonyl (C=O) groups excluding carboxylic acids is 2. The Bertz CT molecular complexity index is 876. The maximum absolute atomic E-state index is 12.2. The van der Waals surface area contributed by atoms with Crippen LogP contribution in [0.1, 0.15) is 65.2 Å². The van der Waals surface area contributed by atoms with Gasteiger partial charge in [-0.1, -0.05) is 13.8 Å². The second kappa shape index (κ2) is 14.7. The smallest absolute Gasteiger partial charge is 0.345 e. The van der Waals surface area contributed by atoms with E-state index in [9.17, 15) is 9.59 Å². The second-order valence-electron chi connectivity index (χ2n) is 10.4. The van der Waals surface area contributed by atoms with Crippen LogP contribution >= 0.6 is 0 Å². The summed E-state index contributed by atoms with van der Waals surface area (Å²) < 4.78 is 5.70. The molecule has 0 saturated carbocycles. The topological polar surface area (TPSA) is 152 Å². The van der Waals surface area contributed by atoms with E-state index in [0.29, 0.717) is 24.4 Å². The number of amidine groups is 1. The van der Waals surface area contributed by atoms with Gasteiger partial charge in [-0.2, -0.15) is 4.99 Å². The van der Waals surface area contributed by atoms with Gasteiger partial charge in [0.25, 0.3) is 0 Å². The quantitative estimate of drug-likeness (QED) is 0.284. The molecule has 0 bridgehead atoms. The summed E-state index contributed by atoms with van der Waals surface area (Å²) in [5.74, 6) is 1.31. The number of piperidine rings is 2. The molecule has 11 heteroatoms. The van der Waals surface area contributed by atoms with Crippen LogP contribution in [0, 0.1) is 11.8 Å². The van der Waals surface area contributed by atoms with Crippen molar-refractivity contribution in [3.63, 3.8) is 0 Å². The number of rotatable bonds is 7. The van der Waals surface area contributed by atoms with Crippen LogP contribution in [-0.4, -0.2) is 78.0 Å². The molecule has 3 saturated heterocycles. The van der Waals surface area contributed by atoms with Crippen molar-refractivity contribution >= 4 is 23.5 Å². The predicted octanol–water partition coefficient (Wildman–Crippen LogP) is 2.30. The largest absolute Gasteiger partial charge is 0.463 e. The third kappa shape index (κ3) is 9.79. The van der Waals surface area contributed by atoms with Gasteiger partial charge in [0, 0.05) is 51.1 Å². The highest BCUT2D eigenvalue weighted by molar-refractivity contribution is 5.93. The zero-order valence-electron chi connectivity index (χ0n) is 22.4. The standard InChI is InChI=1S/C21H35N7O2.C5H9NO/c1-15(2)19(23)26-21(29)27-8-5-16(6-9-27)4-3-11-30-20-24-12-18(13-25-20)28-10-7-17(22)14-28;7-5-3-1-2-4-6-5/h12-13,15-17H,3-11,14,22H2,1-2H3,(H2,23,26,29);1-4H2,(H,6,7). The molecule has 37 heavy (non-hydrogen) atoms. The molecule has 4 heterocycles. The van der Waals surface area contributed by atoms with Crippen molar-refractivity contribution < 1.29 is 14.3 Å². The Morgan fingerprint density at radius 2 is 1.92 bits per heavy atom. The zero-order chi connectivity index (χ0) is 26.6. The van der Waals surface area contributed by atoms with E-state index in [0.717, 1.165) is 89.8 Å². The van der Waals surface area contributed by atoms with Crippen LogP contribution in [0.3, 0.4) is 0 Å². The number of nitrogens with zero attached hydrogens (tertiary/aromatic N) is 5. The number of aliphatic imine (C=N–C) groups is 1. The van der Waals surface area contributed by atoms with Gasteiger partial charge in [0.15, 0.2) is 0 Å². The molecule has 3 aliphatic rings. The molecular formula is C26H44N8O3. The summed E-state index contributed by atoms with van der Waals surface area (Å²) in [4.78, 5) is 39.2. The Labute approximate surface area is 220 Å². The molecular weight excluding hydrogens is 472 g/mol. The van der Waals surface area contributed by atoms with Gasteiger partial charge in [-0.05, 0) is 50.9 Å². The molecule has 0 radical (unpaired) electrons. The number of nitrogens with two attached hydrogens (primary N) is 2. The molecule has 1 atom stereocenters. The van der Waals surface area contributed by atoms with E-state index in [2.05, 4.69) is 25.2 Å². The molecule has 3 amide bonds. The van der Waals surface area contributed by atoms with E-state index in [1.54, 1.807) is 4.90 Å². The number of likely N-dealkylation sites (tertiary alicyclic amines) is 1. The molecule has 1 aromatic rings. The number of ether oxygens (including phenoxy) is 1. The summed E-state index contributed by atoms with van der Waals surface area (Å²) in [7, 11) is 0. The van der Waals surface area contributed by atoms with Crippen LogP contribution in [-0.2, 0) is 4.79 Å². The van der Waals surface area contributed by atoms with Crippen LogP contribution in [0.15, 0.2) is 17.4 Å². The second-order valence-corrected chi connectivity index (χ2v) is 10.4. The van der Waals surface area contributed by atoms with Crippen molar-refractivity contribution in [1.82, 2.24) is 20.2 Å². The normalized spacial score (nSPS) is 20.9. The first-order chi connectivity index (χ1) is 17.8. The van der Waals surface area contributed by atoms with Crippen LogP contribution in [0.5, 0.6) is 6.01 Å². The number of aromatic nitrogens is 2. The van der Waals surface area contributed by atoms with Crippen molar-refractivity contribution in [1.29, 1.82) is 0 Å². The molecule has 1 aromatic heterocycles. The number of anilines is 1. The third-order valence-corrected chi connectivity index (χ3v) is 7.05. The molecule has 206 valence electrons. The first kappa shape index (κ1) is 28.6. The van der Waals surface area contributed by atoms with Crippen molar-refractivity contribution in [2.45, 2.75) is 71.3 Å². The van der Waals surface area contributed by atoms with Crippen LogP contribution in [0.2, 0.25) is 0 Å². The zero-order valence-corrected chi connectivity index (χ0v) is 22.4. The van der Waals surface area contributed by atoms with E-state index in [1.165, 1.54) is 0 Å². The Morgan fingerprint density at radius 3 is 2.46 bits per heavy atom. The Hall–Kier alpha value is -2.95. The summed E-state index contributed by atoms with van der Waals surface area (Å²) in [5, 5.41) is 2.74. The lowest BCUT2D eigenvalue weighted by Gasteiger charge is -2.30. The van der Waals surface area contributed by atoms with Crippen molar-refractivity contribution in [2.75, 3.05) is 44.2 Å². The molecule has 1 unspecified atom stereocenters. The summed E-state index contributed by atoms with van der Waals surface area (Å²) in [6.07, 6.45) is 11.6. The minimum absolute atomic E-state index is 0.0881. The third-order valence-electron chi connectivity index (χ3n) is 7.05. The number of hydrogen-bond donors (Lipinski definition) is 3. The fourth-order valence-electron chi connectivity index (χ4n) is 4.55.